The highest BCUT2D eigenvalue weighted by atomic mass is 16.5. The summed E-state index contributed by atoms with van der Waals surface area (Å²) in [6.45, 7) is 6.13. The minimum Gasteiger partial charge on any atom is -0.496 e. The Bertz CT molecular complexity index is 828. The van der Waals surface area contributed by atoms with Gasteiger partial charge < -0.3 is 14.5 Å². The molecule has 1 aliphatic heterocycles. The molecule has 1 fully saturated rings. The molecule has 2 heterocycles. The van der Waals surface area contributed by atoms with Crippen molar-refractivity contribution in [3.8, 4) is 5.75 Å². The fourth-order valence-corrected chi connectivity index (χ4v) is 3.34. The fourth-order valence-electron chi connectivity index (χ4n) is 3.34. The van der Waals surface area contributed by atoms with Crippen LogP contribution in [-0.4, -0.2) is 59.9 Å². The van der Waals surface area contributed by atoms with Gasteiger partial charge in [-0.05, 0) is 48.7 Å². The van der Waals surface area contributed by atoms with Gasteiger partial charge in [0, 0.05) is 32.4 Å². The zero-order valence-corrected chi connectivity index (χ0v) is 16.1. The molecule has 2 aromatic rings. The second kappa shape index (κ2) is 8.20. The Morgan fingerprint density at radius 3 is 2.37 bits per heavy atom. The number of benzene rings is 1. The number of hydrogen-bond donors (Lipinski definition) is 0. The zero-order valence-electron chi connectivity index (χ0n) is 16.1. The summed E-state index contributed by atoms with van der Waals surface area (Å²) in [6, 6.07) is 9.30. The topological polar surface area (TPSA) is 62.7 Å². The third-order valence-corrected chi connectivity index (χ3v) is 5.00. The Hall–Kier alpha value is -2.89. The van der Waals surface area contributed by atoms with Gasteiger partial charge in [0.2, 0.25) is 5.91 Å². The standard InChI is InChI=1S/C21H25N3O3/c1-15-13-19(27-3)16(2)12-17(15)14-20(25)23-8-10-24(11-9-23)21(26)18-6-4-5-7-22-18/h4-7,12-13H,8-11,14H2,1-3H3. The molecule has 6 heteroatoms. The van der Waals surface area contributed by atoms with Crippen molar-refractivity contribution in [1.82, 2.24) is 14.8 Å². The zero-order chi connectivity index (χ0) is 19.4. The maximum Gasteiger partial charge on any atom is 0.272 e. The molecule has 1 aromatic carbocycles. The lowest BCUT2D eigenvalue weighted by atomic mass is 10.0. The Morgan fingerprint density at radius 1 is 1.04 bits per heavy atom. The smallest absolute Gasteiger partial charge is 0.272 e. The third-order valence-electron chi connectivity index (χ3n) is 5.00. The van der Waals surface area contributed by atoms with Crippen molar-refractivity contribution < 1.29 is 14.3 Å². The number of carbonyl (C=O) groups is 2. The lowest BCUT2D eigenvalue weighted by Gasteiger charge is -2.34. The highest BCUT2D eigenvalue weighted by Crippen LogP contribution is 2.23. The molecule has 2 amide bonds. The highest BCUT2D eigenvalue weighted by Gasteiger charge is 2.25. The van der Waals surface area contributed by atoms with Crippen molar-refractivity contribution in [1.29, 1.82) is 0 Å². The lowest BCUT2D eigenvalue weighted by Crippen LogP contribution is -2.51. The van der Waals surface area contributed by atoms with Gasteiger partial charge in [0.25, 0.3) is 5.91 Å². The molecule has 1 aliphatic rings. The van der Waals surface area contributed by atoms with E-state index in [4.69, 9.17) is 4.74 Å². The number of ether oxygens (including phenoxy) is 1. The van der Waals surface area contributed by atoms with Crippen molar-refractivity contribution in [2.75, 3.05) is 33.3 Å². The minimum atomic E-state index is -0.0793. The van der Waals surface area contributed by atoms with E-state index in [1.807, 2.05) is 30.9 Å². The van der Waals surface area contributed by atoms with E-state index in [-0.39, 0.29) is 11.8 Å². The molecule has 0 saturated carbocycles. The second-order valence-electron chi connectivity index (χ2n) is 6.81. The number of piperazine rings is 1. The summed E-state index contributed by atoms with van der Waals surface area (Å²) >= 11 is 0. The first kappa shape index (κ1) is 18.9. The van der Waals surface area contributed by atoms with Gasteiger partial charge in [0.05, 0.1) is 13.5 Å². The van der Waals surface area contributed by atoms with Gasteiger partial charge in [-0.2, -0.15) is 0 Å². The summed E-state index contributed by atoms with van der Waals surface area (Å²) in [5, 5.41) is 0. The van der Waals surface area contributed by atoms with E-state index in [0.29, 0.717) is 38.3 Å². The molecular formula is C21H25N3O3. The van der Waals surface area contributed by atoms with Crippen molar-refractivity contribution in [3.05, 3.63) is 58.9 Å². The number of nitrogens with zero attached hydrogens (tertiary/aromatic N) is 3. The van der Waals surface area contributed by atoms with Gasteiger partial charge in [0.1, 0.15) is 11.4 Å². The first-order chi connectivity index (χ1) is 13.0. The van der Waals surface area contributed by atoms with E-state index >= 15 is 0 Å². The van der Waals surface area contributed by atoms with Gasteiger partial charge in [-0.1, -0.05) is 12.1 Å². The van der Waals surface area contributed by atoms with Crippen LogP contribution in [0.25, 0.3) is 0 Å². The van der Waals surface area contributed by atoms with Crippen molar-refractivity contribution in [2.24, 2.45) is 0 Å². The number of rotatable bonds is 4. The molecule has 0 spiro atoms. The van der Waals surface area contributed by atoms with Crippen molar-refractivity contribution >= 4 is 11.8 Å². The number of pyridine rings is 1. The summed E-state index contributed by atoms with van der Waals surface area (Å²) in [6.07, 6.45) is 1.98. The molecule has 27 heavy (non-hydrogen) atoms. The van der Waals surface area contributed by atoms with Crippen LogP contribution >= 0.6 is 0 Å². The summed E-state index contributed by atoms with van der Waals surface area (Å²) in [5.41, 5.74) is 3.54. The number of aromatic nitrogens is 1. The second-order valence-corrected chi connectivity index (χ2v) is 6.81. The number of carbonyl (C=O) groups excluding carboxylic acids is 2. The Labute approximate surface area is 159 Å². The summed E-state index contributed by atoms with van der Waals surface area (Å²) < 4.78 is 5.33. The minimum absolute atomic E-state index is 0.0793. The van der Waals surface area contributed by atoms with Crippen LogP contribution in [-0.2, 0) is 11.2 Å². The van der Waals surface area contributed by atoms with Crippen LogP contribution < -0.4 is 4.74 Å². The SMILES string of the molecule is COc1cc(C)c(CC(=O)N2CCN(C(=O)c3ccccn3)CC2)cc1C. The third kappa shape index (κ3) is 4.27. The maximum atomic E-state index is 12.7. The van der Waals surface area contributed by atoms with E-state index in [1.54, 1.807) is 36.4 Å². The average Bonchev–Trinajstić information content (AvgIpc) is 2.70. The summed E-state index contributed by atoms with van der Waals surface area (Å²) in [7, 11) is 1.65. The summed E-state index contributed by atoms with van der Waals surface area (Å²) in [4.78, 5) is 32.9. The molecule has 0 aliphatic carbocycles. The molecule has 0 bridgehead atoms. The molecule has 1 aromatic heterocycles. The molecule has 6 nitrogen and oxygen atoms in total. The fraction of sp³-hybridized carbons (Fsp3) is 0.381. The van der Waals surface area contributed by atoms with Gasteiger partial charge in [0.15, 0.2) is 0 Å². The van der Waals surface area contributed by atoms with Gasteiger partial charge in [-0.25, -0.2) is 0 Å². The van der Waals surface area contributed by atoms with E-state index in [1.165, 1.54) is 0 Å². The molecule has 3 rings (SSSR count). The van der Waals surface area contributed by atoms with Crippen molar-refractivity contribution in [3.63, 3.8) is 0 Å². The largest absolute Gasteiger partial charge is 0.496 e. The van der Waals surface area contributed by atoms with Crippen LogP contribution in [0.1, 0.15) is 27.2 Å². The molecule has 1 saturated heterocycles. The summed E-state index contributed by atoms with van der Waals surface area (Å²) in [5.74, 6) is 0.849. The molecule has 0 atom stereocenters. The van der Waals surface area contributed by atoms with Crippen LogP contribution in [0.5, 0.6) is 5.75 Å². The quantitative estimate of drug-likeness (QED) is 0.831. The van der Waals surface area contributed by atoms with E-state index in [0.717, 1.165) is 22.4 Å². The van der Waals surface area contributed by atoms with E-state index < -0.39 is 0 Å². The van der Waals surface area contributed by atoms with Gasteiger partial charge >= 0.3 is 0 Å². The van der Waals surface area contributed by atoms with Crippen LogP contribution in [0, 0.1) is 13.8 Å². The van der Waals surface area contributed by atoms with Gasteiger partial charge in [-0.15, -0.1) is 0 Å². The number of aryl methyl sites for hydroxylation is 2. The molecule has 0 N–H and O–H groups in total. The Kier molecular flexibility index (Phi) is 5.74. The molecule has 142 valence electrons. The monoisotopic (exact) mass is 367 g/mol. The number of hydrogen-bond acceptors (Lipinski definition) is 4. The number of methoxy groups -OCH3 is 1. The van der Waals surface area contributed by atoms with Crippen molar-refractivity contribution in [2.45, 2.75) is 20.3 Å². The average molecular weight is 367 g/mol. The predicted octanol–water partition coefficient (Wildman–Crippen LogP) is 2.23. The van der Waals surface area contributed by atoms with Gasteiger partial charge in [-0.3, -0.25) is 14.6 Å². The van der Waals surface area contributed by atoms with E-state index in [9.17, 15) is 9.59 Å². The van der Waals surface area contributed by atoms with Crippen LogP contribution in [0.3, 0.4) is 0 Å². The molecular weight excluding hydrogens is 342 g/mol. The Balaban J connectivity index is 1.59. The first-order valence-electron chi connectivity index (χ1n) is 9.12. The molecule has 0 unspecified atom stereocenters. The van der Waals surface area contributed by atoms with Crippen LogP contribution in [0.4, 0.5) is 0 Å². The van der Waals surface area contributed by atoms with Crippen LogP contribution in [0.15, 0.2) is 36.5 Å². The van der Waals surface area contributed by atoms with Crippen LogP contribution in [0.2, 0.25) is 0 Å². The normalized spacial score (nSPS) is 14.2. The Morgan fingerprint density at radius 2 is 1.74 bits per heavy atom. The highest BCUT2D eigenvalue weighted by molar-refractivity contribution is 5.92. The lowest BCUT2D eigenvalue weighted by molar-refractivity contribution is -0.131. The predicted molar refractivity (Wildman–Crippen MR) is 103 cm³/mol. The van der Waals surface area contributed by atoms with E-state index in [2.05, 4.69) is 4.98 Å². The first-order valence-corrected chi connectivity index (χ1v) is 9.12. The molecule has 0 radical (unpaired) electrons. The number of amides is 2. The maximum absolute atomic E-state index is 12.7.